The number of primary amides is 1. The molecule has 7 nitrogen and oxygen atoms in total. The summed E-state index contributed by atoms with van der Waals surface area (Å²) in [5.41, 5.74) is 5.26. The first kappa shape index (κ1) is 14.1. The first-order valence-electron chi connectivity index (χ1n) is 5.14. The van der Waals surface area contributed by atoms with Crippen LogP contribution in [0, 0.1) is 0 Å². The topological polar surface area (TPSA) is 123 Å². The number of hydrogen-bond acceptors (Lipinski definition) is 6. The summed E-state index contributed by atoms with van der Waals surface area (Å²) in [6, 6.07) is 2.76. The predicted molar refractivity (Wildman–Crippen MR) is 60.4 cm³/mol. The Morgan fingerprint density at radius 2 is 2.11 bits per heavy atom. The molecule has 0 aliphatic carbocycles. The van der Waals surface area contributed by atoms with E-state index in [1.54, 1.807) is 0 Å². The van der Waals surface area contributed by atoms with Gasteiger partial charge in [-0.25, -0.2) is 9.78 Å². The maximum Gasteiger partial charge on any atom is 0.356 e. The largest absolute Gasteiger partial charge is 0.464 e. The van der Waals surface area contributed by atoms with Crippen LogP contribution >= 0.6 is 0 Å². The zero-order chi connectivity index (χ0) is 13.7. The van der Waals surface area contributed by atoms with Gasteiger partial charge in [-0.15, -0.1) is 0 Å². The van der Waals surface area contributed by atoms with E-state index in [2.05, 4.69) is 9.72 Å². The fourth-order valence-corrected chi connectivity index (χ4v) is 1.35. The summed E-state index contributed by atoms with van der Waals surface area (Å²) in [5, 5.41) is 19.2. The fraction of sp³-hybridized carbons (Fsp3) is 0.364. The summed E-state index contributed by atoms with van der Waals surface area (Å²) in [6.45, 7) is 0. The number of esters is 1. The number of nitrogens with zero attached hydrogens (tertiary/aromatic N) is 1. The van der Waals surface area contributed by atoms with Gasteiger partial charge in [-0.1, -0.05) is 6.07 Å². The van der Waals surface area contributed by atoms with Gasteiger partial charge in [-0.05, 0) is 6.07 Å². The summed E-state index contributed by atoms with van der Waals surface area (Å²) in [5.74, 6) is -1.32. The third-order valence-corrected chi connectivity index (χ3v) is 2.30. The van der Waals surface area contributed by atoms with E-state index < -0.39 is 24.1 Å². The Morgan fingerprint density at radius 1 is 1.44 bits per heavy atom. The molecular formula is C11H14N2O5. The molecule has 0 bridgehead atoms. The van der Waals surface area contributed by atoms with E-state index in [0.717, 1.165) is 0 Å². The van der Waals surface area contributed by atoms with Crippen molar-refractivity contribution < 1.29 is 24.5 Å². The standard InChI is InChI=1S/C11H14N2O5/c1-18-11(17)7-3-2-6(5-13-7)10(16)8(14)4-9(12)15/h2-3,5,8,10,14,16H,4H2,1H3,(H2,12,15). The smallest absolute Gasteiger partial charge is 0.356 e. The zero-order valence-electron chi connectivity index (χ0n) is 9.74. The molecule has 7 heteroatoms. The number of amides is 1. The summed E-state index contributed by atoms with van der Waals surface area (Å²) >= 11 is 0. The average Bonchev–Trinajstić information content (AvgIpc) is 2.36. The SMILES string of the molecule is COC(=O)c1ccc(C(O)C(O)CC(N)=O)cn1. The molecule has 0 aliphatic rings. The molecule has 1 heterocycles. The molecule has 2 unspecified atom stereocenters. The molecule has 1 rings (SSSR count). The minimum absolute atomic E-state index is 0.0813. The monoisotopic (exact) mass is 254 g/mol. The van der Waals surface area contributed by atoms with Gasteiger partial charge in [0, 0.05) is 11.8 Å². The lowest BCUT2D eigenvalue weighted by molar-refractivity contribution is -0.121. The van der Waals surface area contributed by atoms with Crippen molar-refractivity contribution in [3.05, 3.63) is 29.6 Å². The lowest BCUT2D eigenvalue weighted by atomic mass is 10.0. The number of hydrogen-bond donors (Lipinski definition) is 3. The van der Waals surface area contributed by atoms with Crippen molar-refractivity contribution in [2.24, 2.45) is 5.73 Å². The quantitative estimate of drug-likeness (QED) is 0.587. The van der Waals surface area contributed by atoms with Gasteiger partial charge in [-0.2, -0.15) is 0 Å². The molecule has 0 fully saturated rings. The Bertz CT molecular complexity index is 432. The van der Waals surface area contributed by atoms with Gasteiger partial charge in [0.15, 0.2) is 0 Å². The highest BCUT2D eigenvalue weighted by Crippen LogP contribution is 2.18. The third kappa shape index (κ3) is 3.51. The fourth-order valence-electron chi connectivity index (χ4n) is 1.35. The van der Waals surface area contributed by atoms with Gasteiger partial charge >= 0.3 is 5.97 Å². The first-order chi connectivity index (χ1) is 8.45. The molecule has 1 aromatic heterocycles. The number of carbonyl (C=O) groups is 2. The number of methoxy groups -OCH3 is 1. The molecule has 98 valence electrons. The molecule has 1 aromatic rings. The van der Waals surface area contributed by atoms with Crippen LogP contribution in [0.4, 0.5) is 0 Å². The maximum atomic E-state index is 11.1. The van der Waals surface area contributed by atoms with Gasteiger partial charge in [0.25, 0.3) is 0 Å². The Hall–Kier alpha value is -1.99. The van der Waals surface area contributed by atoms with Crippen molar-refractivity contribution in [2.45, 2.75) is 18.6 Å². The van der Waals surface area contributed by atoms with Gasteiger partial charge in [0.05, 0.1) is 19.6 Å². The van der Waals surface area contributed by atoms with Gasteiger partial charge in [0.1, 0.15) is 11.8 Å². The zero-order valence-corrected chi connectivity index (χ0v) is 9.74. The first-order valence-corrected chi connectivity index (χ1v) is 5.14. The Morgan fingerprint density at radius 3 is 2.56 bits per heavy atom. The number of ether oxygens (including phenoxy) is 1. The van der Waals surface area contributed by atoms with E-state index in [4.69, 9.17) is 5.73 Å². The molecule has 18 heavy (non-hydrogen) atoms. The van der Waals surface area contributed by atoms with Crippen LogP contribution in [-0.2, 0) is 9.53 Å². The molecule has 2 atom stereocenters. The van der Waals surface area contributed by atoms with E-state index in [9.17, 15) is 19.8 Å². The van der Waals surface area contributed by atoms with E-state index in [1.165, 1.54) is 25.4 Å². The minimum Gasteiger partial charge on any atom is -0.464 e. The van der Waals surface area contributed by atoms with Crippen LogP contribution in [0.25, 0.3) is 0 Å². The number of aromatic nitrogens is 1. The third-order valence-electron chi connectivity index (χ3n) is 2.30. The molecule has 0 saturated carbocycles. The molecular weight excluding hydrogens is 240 g/mol. The van der Waals surface area contributed by atoms with Gasteiger partial charge < -0.3 is 20.7 Å². The number of pyridine rings is 1. The van der Waals surface area contributed by atoms with Crippen LogP contribution in [0.1, 0.15) is 28.6 Å². The molecule has 0 aliphatic heterocycles. The Balaban J connectivity index is 2.78. The van der Waals surface area contributed by atoms with Crippen LogP contribution in [-0.4, -0.2) is 40.3 Å². The minimum atomic E-state index is -1.31. The number of aliphatic hydroxyl groups is 2. The lowest BCUT2D eigenvalue weighted by Gasteiger charge is -2.16. The Labute approximate surface area is 103 Å². The summed E-state index contributed by atoms with van der Waals surface area (Å²) in [6.07, 6.45) is -1.74. The van der Waals surface area contributed by atoms with Gasteiger partial charge in [-0.3, -0.25) is 4.79 Å². The van der Waals surface area contributed by atoms with Crippen molar-refractivity contribution in [1.29, 1.82) is 0 Å². The summed E-state index contributed by atoms with van der Waals surface area (Å²) < 4.78 is 4.46. The van der Waals surface area contributed by atoms with Crippen LogP contribution in [0.2, 0.25) is 0 Å². The highest BCUT2D eigenvalue weighted by molar-refractivity contribution is 5.87. The maximum absolute atomic E-state index is 11.1. The van der Waals surface area contributed by atoms with E-state index in [0.29, 0.717) is 0 Å². The van der Waals surface area contributed by atoms with Gasteiger partial charge in [0.2, 0.25) is 5.91 Å². The van der Waals surface area contributed by atoms with Crippen molar-refractivity contribution in [2.75, 3.05) is 7.11 Å². The number of nitrogens with two attached hydrogens (primary N) is 1. The highest BCUT2D eigenvalue weighted by Gasteiger charge is 2.21. The summed E-state index contributed by atoms with van der Waals surface area (Å²) in [4.78, 5) is 25.5. The molecule has 0 radical (unpaired) electrons. The average molecular weight is 254 g/mol. The predicted octanol–water partition coefficient (Wildman–Crippen LogP) is -0.862. The molecule has 0 spiro atoms. The van der Waals surface area contributed by atoms with Crippen LogP contribution in [0.15, 0.2) is 18.3 Å². The van der Waals surface area contributed by atoms with E-state index in [1.807, 2.05) is 0 Å². The van der Waals surface area contributed by atoms with Crippen LogP contribution in [0.5, 0.6) is 0 Å². The molecule has 0 saturated heterocycles. The molecule has 0 aromatic carbocycles. The molecule has 1 amide bonds. The highest BCUT2D eigenvalue weighted by atomic mass is 16.5. The van der Waals surface area contributed by atoms with Crippen molar-refractivity contribution >= 4 is 11.9 Å². The normalized spacial score (nSPS) is 13.7. The second kappa shape index (κ2) is 6.08. The lowest BCUT2D eigenvalue weighted by Crippen LogP contribution is -2.25. The second-order valence-corrected chi connectivity index (χ2v) is 3.65. The van der Waals surface area contributed by atoms with Crippen LogP contribution < -0.4 is 5.73 Å². The van der Waals surface area contributed by atoms with Crippen molar-refractivity contribution in [3.8, 4) is 0 Å². The van der Waals surface area contributed by atoms with Crippen LogP contribution in [0.3, 0.4) is 0 Å². The van der Waals surface area contributed by atoms with Crippen molar-refractivity contribution in [1.82, 2.24) is 4.98 Å². The second-order valence-electron chi connectivity index (χ2n) is 3.65. The van der Waals surface area contributed by atoms with E-state index >= 15 is 0 Å². The number of aliphatic hydroxyl groups excluding tert-OH is 2. The number of carbonyl (C=O) groups excluding carboxylic acids is 2. The summed E-state index contributed by atoms with van der Waals surface area (Å²) in [7, 11) is 1.23. The Kier molecular flexibility index (Phi) is 4.75. The van der Waals surface area contributed by atoms with Crippen molar-refractivity contribution in [3.63, 3.8) is 0 Å². The number of rotatable bonds is 5. The van der Waals surface area contributed by atoms with E-state index in [-0.39, 0.29) is 17.7 Å². The molecule has 4 N–H and O–H groups in total.